The van der Waals surface area contributed by atoms with Crippen molar-refractivity contribution in [2.75, 3.05) is 10.5 Å². The molecule has 0 fully saturated rings. The predicted octanol–water partition coefficient (Wildman–Crippen LogP) is 0.493. The molecule has 0 aliphatic carbocycles. The summed E-state index contributed by atoms with van der Waals surface area (Å²) < 4.78 is 27.3. The fourth-order valence-electron chi connectivity index (χ4n) is 1.82. The number of nitrogens with zero attached hydrogens (tertiary/aromatic N) is 3. The van der Waals surface area contributed by atoms with E-state index in [0.29, 0.717) is 11.3 Å². The number of anilines is 1. The third-order valence-electron chi connectivity index (χ3n) is 2.72. The fraction of sp³-hybridized carbons (Fsp3) is 0.364. The van der Waals surface area contributed by atoms with Crippen LogP contribution in [-0.4, -0.2) is 40.0 Å². The van der Waals surface area contributed by atoms with E-state index in [9.17, 15) is 13.2 Å². The van der Waals surface area contributed by atoms with Crippen LogP contribution in [0.2, 0.25) is 0 Å². The maximum atomic E-state index is 11.7. The van der Waals surface area contributed by atoms with Crippen molar-refractivity contribution in [1.82, 2.24) is 14.8 Å². The van der Waals surface area contributed by atoms with Crippen molar-refractivity contribution in [2.45, 2.75) is 13.3 Å². The number of nitrogens with one attached hydrogen (secondary N) is 1. The minimum atomic E-state index is -3.70. The van der Waals surface area contributed by atoms with Gasteiger partial charge in [-0.2, -0.15) is 5.10 Å². The van der Waals surface area contributed by atoms with Gasteiger partial charge in [-0.1, -0.05) is 0 Å². The maximum absolute atomic E-state index is 11.7. The Balaban J connectivity index is 2.26. The molecule has 0 aromatic carbocycles. The number of sulfonamides is 1. The third kappa shape index (κ3) is 3.05. The van der Waals surface area contributed by atoms with E-state index in [1.807, 2.05) is 0 Å². The van der Waals surface area contributed by atoms with Crippen LogP contribution in [-0.2, 0) is 21.9 Å². The predicted molar refractivity (Wildman–Crippen MR) is 72.9 cm³/mol. The Morgan fingerprint density at radius 1 is 1.50 bits per heavy atom. The summed E-state index contributed by atoms with van der Waals surface area (Å²) in [6.45, 7) is 1.80. The van der Waals surface area contributed by atoms with Gasteiger partial charge >= 0.3 is 5.97 Å². The quantitative estimate of drug-likeness (QED) is 0.830. The highest BCUT2D eigenvalue weighted by Crippen LogP contribution is 2.20. The van der Waals surface area contributed by atoms with Gasteiger partial charge in [-0.05, 0) is 13.0 Å². The summed E-state index contributed by atoms with van der Waals surface area (Å²) in [7, 11) is -1.95. The minimum Gasteiger partial charge on any atom is -0.481 e. The smallest absolute Gasteiger partial charge is 0.304 e. The van der Waals surface area contributed by atoms with Gasteiger partial charge in [0.05, 0.1) is 29.8 Å². The molecule has 20 heavy (non-hydrogen) atoms. The molecule has 108 valence electrons. The number of aryl methyl sites for hydroxylation is 2. The molecular formula is C11H14N4O4S. The molecule has 2 heterocycles. The summed E-state index contributed by atoms with van der Waals surface area (Å²) in [5.74, 6) is -1.64. The van der Waals surface area contributed by atoms with Gasteiger partial charge in [0, 0.05) is 12.4 Å². The second kappa shape index (κ2) is 5.08. The topological polar surface area (TPSA) is 114 Å². The Kier molecular flexibility index (Phi) is 3.62. The average molecular weight is 298 g/mol. The minimum absolute atomic E-state index is 0.291. The van der Waals surface area contributed by atoms with Gasteiger partial charge in [-0.15, -0.1) is 0 Å². The first-order valence-electron chi connectivity index (χ1n) is 5.80. The largest absolute Gasteiger partial charge is 0.481 e. The first kappa shape index (κ1) is 14.3. The van der Waals surface area contributed by atoms with Gasteiger partial charge in [0.1, 0.15) is 0 Å². The van der Waals surface area contributed by atoms with Gasteiger partial charge in [0.2, 0.25) is 10.0 Å². The molecule has 0 atom stereocenters. The van der Waals surface area contributed by atoms with Crippen molar-refractivity contribution in [2.24, 2.45) is 7.05 Å². The molecular weight excluding hydrogens is 284 g/mol. The number of fused-ring (bicyclic) bond motifs is 1. The van der Waals surface area contributed by atoms with Crippen LogP contribution in [0.4, 0.5) is 5.69 Å². The summed E-state index contributed by atoms with van der Waals surface area (Å²) in [6.07, 6.45) is 0.929. The summed E-state index contributed by atoms with van der Waals surface area (Å²) in [5, 5.41) is 13.4. The van der Waals surface area contributed by atoms with E-state index in [4.69, 9.17) is 5.11 Å². The first-order valence-corrected chi connectivity index (χ1v) is 7.45. The fourth-order valence-corrected chi connectivity index (χ4v) is 2.83. The number of carbonyl (C=O) groups is 1. The molecule has 0 unspecified atom stereocenters. The molecule has 0 aliphatic rings. The number of carboxylic acid groups (broad SMARTS) is 1. The molecule has 2 aromatic rings. The van der Waals surface area contributed by atoms with Crippen LogP contribution in [0.3, 0.4) is 0 Å². The molecule has 0 bridgehead atoms. The monoisotopic (exact) mass is 298 g/mol. The molecule has 9 heteroatoms. The zero-order chi connectivity index (χ0) is 14.9. The van der Waals surface area contributed by atoms with E-state index < -0.39 is 28.2 Å². The molecule has 0 spiro atoms. The van der Waals surface area contributed by atoms with E-state index in [1.54, 1.807) is 24.7 Å². The maximum Gasteiger partial charge on any atom is 0.304 e. The van der Waals surface area contributed by atoms with Crippen LogP contribution in [0, 0.1) is 6.92 Å². The number of carboxylic acids is 1. The zero-order valence-corrected chi connectivity index (χ0v) is 11.8. The SMILES string of the molecule is Cc1nn(C)c2ncc(NS(=O)(=O)CCC(=O)O)cc12. The summed E-state index contributed by atoms with van der Waals surface area (Å²) in [5.41, 5.74) is 1.68. The number of hydrogen-bond acceptors (Lipinski definition) is 5. The third-order valence-corrected chi connectivity index (χ3v) is 4.01. The van der Waals surface area contributed by atoms with Gasteiger partial charge in [0.25, 0.3) is 0 Å². The van der Waals surface area contributed by atoms with Crippen LogP contribution in [0.15, 0.2) is 12.3 Å². The second-order valence-electron chi connectivity index (χ2n) is 4.37. The van der Waals surface area contributed by atoms with Gasteiger partial charge < -0.3 is 5.11 Å². The number of aliphatic carboxylic acids is 1. The number of rotatable bonds is 5. The van der Waals surface area contributed by atoms with Crippen LogP contribution in [0.5, 0.6) is 0 Å². The average Bonchev–Trinajstić information content (AvgIpc) is 2.62. The Hall–Kier alpha value is -2.16. The van der Waals surface area contributed by atoms with Gasteiger partial charge in [-0.3, -0.25) is 14.2 Å². The summed E-state index contributed by atoms with van der Waals surface area (Å²) in [6, 6.07) is 1.63. The van der Waals surface area contributed by atoms with Crippen LogP contribution in [0.1, 0.15) is 12.1 Å². The molecule has 0 amide bonds. The number of hydrogen-bond donors (Lipinski definition) is 2. The van der Waals surface area contributed by atoms with Crippen molar-refractivity contribution in [3.05, 3.63) is 18.0 Å². The van der Waals surface area contributed by atoms with Crippen LogP contribution >= 0.6 is 0 Å². The Labute approximate surface area is 115 Å². The second-order valence-corrected chi connectivity index (χ2v) is 6.21. The molecule has 0 saturated carbocycles. The Morgan fingerprint density at radius 2 is 2.20 bits per heavy atom. The van der Waals surface area contributed by atoms with Crippen molar-refractivity contribution in [3.63, 3.8) is 0 Å². The summed E-state index contributed by atoms with van der Waals surface area (Å²) in [4.78, 5) is 14.5. The highest BCUT2D eigenvalue weighted by molar-refractivity contribution is 7.92. The first-order chi connectivity index (χ1) is 9.28. The normalized spacial score (nSPS) is 11.7. The van der Waals surface area contributed by atoms with Crippen molar-refractivity contribution in [3.8, 4) is 0 Å². The molecule has 0 radical (unpaired) electrons. The van der Waals surface area contributed by atoms with Gasteiger partial charge in [0.15, 0.2) is 5.65 Å². The lowest BCUT2D eigenvalue weighted by Gasteiger charge is -2.06. The standard InChI is InChI=1S/C11H14N4O4S/c1-7-9-5-8(6-12-11(9)15(2)13-7)14-20(18,19)4-3-10(16)17/h5-6,14H,3-4H2,1-2H3,(H,16,17). The highest BCUT2D eigenvalue weighted by Gasteiger charge is 2.14. The number of pyridine rings is 1. The van der Waals surface area contributed by atoms with Crippen LogP contribution in [0.25, 0.3) is 11.0 Å². The lowest BCUT2D eigenvalue weighted by atomic mass is 10.3. The molecule has 8 nitrogen and oxygen atoms in total. The zero-order valence-electron chi connectivity index (χ0n) is 11.0. The van der Waals surface area contributed by atoms with E-state index in [2.05, 4.69) is 14.8 Å². The van der Waals surface area contributed by atoms with Crippen molar-refractivity contribution in [1.29, 1.82) is 0 Å². The van der Waals surface area contributed by atoms with Crippen LogP contribution < -0.4 is 4.72 Å². The Morgan fingerprint density at radius 3 is 2.85 bits per heavy atom. The van der Waals surface area contributed by atoms with E-state index in [0.717, 1.165) is 11.1 Å². The van der Waals surface area contributed by atoms with E-state index in [-0.39, 0.29) is 0 Å². The van der Waals surface area contributed by atoms with E-state index >= 15 is 0 Å². The summed E-state index contributed by atoms with van der Waals surface area (Å²) >= 11 is 0. The lowest BCUT2D eigenvalue weighted by molar-refractivity contribution is -0.136. The van der Waals surface area contributed by atoms with Gasteiger partial charge in [-0.25, -0.2) is 13.4 Å². The molecule has 2 rings (SSSR count). The highest BCUT2D eigenvalue weighted by atomic mass is 32.2. The number of aromatic nitrogens is 3. The van der Waals surface area contributed by atoms with Crippen molar-refractivity contribution >= 4 is 32.7 Å². The van der Waals surface area contributed by atoms with E-state index in [1.165, 1.54) is 6.20 Å². The Bertz CT molecular complexity index is 766. The molecule has 0 aliphatic heterocycles. The molecule has 2 aromatic heterocycles. The molecule has 0 saturated heterocycles. The lowest BCUT2D eigenvalue weighted by Crippen LogP contribution is -2.19. The van der Waals surface area contributed by atoms with Crippen molar-refractivity contribution < 1.29 is 18.3 Å². The molecule has 2 N–H and O–H groups in total.